The molecule has 1 aromatic rings. The Hall–Kier alpha value is -1.52. The summed E-state index contributed by atoms with van der Waals surface area (Å²) in [4.78, 5) is 0. The highest BCUT2D eigenvalue weighted by molar-refractivity contribution is 5.36. The van der Waals surface area contributed by atoms with Crippen LogP contribution in [0.3, 0.4) is 0 Å². The number of aliphatic hydroxyl groups is 1. The third-order valence-corrected chi connectivity index (χ3v) is 4.75. The van der Waals surface area contributed by atoms with Gasteiger partial charge in [-0.25, -0.2) is 8.78 Å². The summed E-state index contributed by atoms with van der Waals surface area (Å²) in [6.07, 6.45) is 13.5. The van der Waals surface area contributed by atoms with Crippen molar-refractivity contribution in [1.82, 2.24) is 0 Å². The quantitative estimate of drug-likeness (QED) is 0.289. The van der Waals surface area contributed by atoms with Crippen LogP contribution >= 0.6 is 0 Å². The fourth-order valence-corrected chi connectivity index (χ4v) is 3.15. The van der Waals surface area contributed by atoms with Crippen LogP contribution in [0.2, 0.25) is 0 Å². The van der Waals surface area contributed by atoms with Gasteiger partial charge in [0, 0.05) is 5.92 Å². The third-order valence-electron chi connectivity index (χ3n) is 4.75. The second kappa shape index (κ2) is 10.6. The van der Waals surface area contributed by atoms with Crippen LogP contribution in [0.4, 0.5) is 8.78 Å². The Morgan fingerprint density at radius 1 is 1.04 bits per heavy atom. The first kappa shape index (κ1) is 20.8. The minimum Gasteiger partial charge on any atom is -0.357 e. The Morgan fingerprint density at radius 3 is 2.38 bits per heavy atom. The lowest BCUT2D eigenvalue weighted by Crippen LogP contribution is -2.33. The highest BCUT2D eigenvalue weighted by atomic mass is 19.1. The molecule has 1 aliphatic carbocycles. The van der Waals surface area contributed by atoms with Crippen molar-refractivity contribution in [2.45, 2.75) is 70.0 Å². The van der Waals surface area contributed by atoms with E-state index < -0.39 is 17.5 Å². The molecule has 0 aromatic heterocycles. The monoisotopic (exact) mass is 364 g/mol. The van der Waals surface area contributed by atoms with E-state index in [1.54, 1.807) is 18.2 Å². The van der Waals surface area contributed by atoms with Crippen LogP contribution in [-0.2, 0) is 4.74 Å². The van der Waals surface area contributed by atoms with E-state index in [-0.39, 0.29) is 5.82 Å². The minimum absolute atomic E-state index is 0.307. The predicted octanol–water partition coefficient (Wildman–Crippen LogP) is 6.18. The molecular formula is C22H30F2O2. The molecule has 0 bridgehead atoms. The number of hydrogen-bond acceptors (Lipinski definition) is 2. The lowest BCUT2D eigenvalue weighted by atomic mass is 9.92. The number of ether oxygens (including phenoxy) is 1. The second-order valence-electron chi connectivity index (χ2n) is 6.97. The van der Waals surface area contributed by atoms with Gasteiger partial charge in [0.15, 0.2) is 5.83 Å². The molecule has 0 fully saturated rings. The predicted molar refractivity (Wildman–Crippen MR) is 101 cm³/mol. The normalized spacial score (nSPS) is 22.5. The van der Waals surface area contributed by atoms with Gasteiger partial charge in [-0.05, 0) is 36.3 Å². The van der Waals surface area contributed by atoms with Crippen molar-refractivity contribution >= 4 is 0 Å². The van der Waals surface area contributed by atoms with Gasteiger partial charge in [-0.1, -0.05) is 70.1 Å². The second-order valence-corrected chi connectivity index (χ2v) is 6.97. The smallest absolute Gasteiger partial charge is 0.239 e. The molecule has 144 valence electrons. The molecule has 2 atom stereocenters. The average molecular weight is 364 g/mol. The van der Waals surface area contributed by atoms with Crippen LogP contribution < -0.4 is 0 Å². The van der Waals surface area contributed by atoms with Gasteiger partial charge in [0.2, 0.25) is 5.79 Å². The number of hydrogen-bond donors (Lipinski definition) is 1. The third kappa shape index (κ3) is 6.33. The van der Waals surface area contributed by atoms with Crippen molar-refractivity contribution in [1.29, 1.82) is 0 Å². The van der Waals surface area contributed by atoms with Crippen LogP contribution in [0.15, 0.2) is 48.3 Å². The van der Waals surface area contributed by atoms with Gasteiger partial charge in [0.05, 0.1) is 6.61 Å². The van der Waals surface area contributed by atoms with Crippen LogP contribution in [0.25, 0.3) is 0 Å². The molecule has 2 nitrogen and oxygen atoms in total. The van der Waals surface area contributed by atoms with E-state index in [4.69, 9.17) is 4.74 Å². The molecule has 0 radical (unpaired) electrons. The number of rotatable bonds is 11. The molecule has 0 heterocycles. The maximum atomic E-state index is 14.4. The van der Waals surface area contributed by atoms with Gasteiger partial charge in [0.25, 0.3) is 0 Å². The molecule has 0 amide bonds. The highest BCUT2D eigenvalue weighted by Crippen LogP contribution is 2.33. The zero-order chi connectivity index (χ0) is 18.8. The first-order valence-corrected chi connectivity index (χ1v) is 9.74. The van der Waals surface area contributed by atoms with Crippen LogP contribution in [0.5, 0.6) is 0 Å². The fourth-order valence-electron chi connectivity index (χ4n) is 3.15. The Kier molecular flexibility index (Phi) is 8.46. The van der Waals surface area contributed by atoms with Gasteiger partial charge < -0.3 is 9.84 Å². The number of allylic oxidation sites excluding steroid dienone is 2. The Bertz CT molecular complexity index is 612. The molecule has 1 aliphatic rings. The molecule has 26 heavy (non-hydrogen) atoms. The lowest BCUT2D eigenvalue weighted by Gasteiger charge is -2.28. The van der Waals surface area contributed by atoms with Gasteiger partial charge >= 0.3 is 0 Å². The summed E-state index contributed by atoms with van der Waals surface area (Å²) in [6, 6.07) is 6.03. The molecule has 1 aromatic carbocycles. The summed E-state index contributed by atoms with van der Waals surface area (Å²) in [6.45, 7) is 2.51. The summed E-state index contributed by atoms with van der Waals surface area (Å²) >= 11 is 0. The molecule has 4 heteroatoms. The van der Waals surface area contributed by atoms with Crippen LogP contribution in [0.1, 0.15) is 69.8 Å². The molecule has 0 saturated heterocycles. The Balaban J connectivity index is 1.73. The summed E-state index contributed by atoms with van der Waals surface area (Å²) in [5, 5.41) is 10.3. The number of halogens is 2. The summed E-state index contributed by atoms with van der Waals surface area (Å²) in [5.41, 5.74) is 0.640. The van der Waals surface area contributed by atoms with E-state index >= 15 is 0 Å². The van der Waals surface area contributed by atoms with Crippen molar-refractivity contribution < 1.29 is 18.6 Å². The molecule has 1 N–H and O–H groups in total. The average Bonchev–Trinajstić information content (AvgIpc) is 2.63. The summed E-state index contributed by atoms with van der Waals surface area (Å²) < 4.78 is 33.1. The van der Waals surface area contributed by atoms with E-state index in [0.717, 1.165) is 19.3 Å². The van der Waals surface area contributed by atoms with Crippen molar-refractivity contribution in [3.05, 3.63) is 59.7 Å². The van der Waals surface area contributed by atoms with E-state index in [1.165, 1.54) is 56.4 Å². The van der Waals surface area contributed by atoms with E-state index in [1.807, 2.05) is 0 Å². The zero-order valence-corrected chi connectivity index (χ0v) is 15.6. The molecule has 2 rings (SSSR count). The minimum atomic E-state index is -2.00. The largest absolute Gasteiger partial charge is 0.357 e. The van der Waals surface area contributed by atoms with E-state index in [2.05, 4.69) is 6.92 Å². The Labute approximate surface area is 155 Å². The summed E-state index contributed by atoms with van der Waals surface area (Å²) in [7, 11) is 0. The van der Waals surface area contributed by atoms with Gasteiger partial charge in [0.1, 0.15) is 5.82 Å². The van der Waals surface area contributed by atoms with Crippen LogP contribution in [-0.4, -0.2) is 17.5 Å². The SMILES string of the molecule is CCCCCCCCCCOC1(O)C=CC(c2cccc(F)c2)C=C1F. The standard InChI is InChI=1S/C22H30F2O2/c1-2-3-4-5-6-7-8-9-15-26-22(25)14-13-19(17-21(22)24)18-11-10-12-20(23)16-18/h10-14,16-17,19,25H,2-9,15H2,1H3. The topological polar surface area (TPSA) is 29.5 Å². The number of unbranched alkanes of at least 4 members (excludes halogenated alkanes) is 7. The van der Waals surface area contributed by atoms with Gasteiger partial charge in [-0.15, -0.1) is 0 Å². The van der Waals surface area contributed by atoms with Crippen molar-refractivity contribution in [3.8, 4) is 0 Å². The molecule has 2 unspecified atom stereocenters. The first-order valence-electron chi connectivity index (χ1n) is 9.74. The van der Waals surface area contributed by atoms with Crippen molar-refractivity contribution in [3.63, 3.8) is 0 Å². The zero-order valence-electron chi connectivity index (χ0n) is 15.6. The van der Waals surface area contributed by atoms with Gasteiger partial charge in [-0.3, -0.25) is 0 Å². The number of benzene rings is 1. The molecular weight excluding hydrogens is 334 g/mol. The van der Waals surface area contributed by atoms with E-state index in [9.17, 15) is 13.9 Å². The van der Waals surface area contributed by atoms with Crippen molar-refractivity contribution in [2.24, 2.45) is 0 Å². The Morgan fingerprint density at radius 2 is 1.73 bits per heavy atom. The van der Waals surface area contributed by atoms with Gasteiger partial charge in [-0.2, -0.15) is 0 Å². The summed E-state index contributed by atoms with van der Waals surface area (Å²) in [5.74, 6) is -3.51. The molecule has 0 saturated carbocycles. The fraction of sp³-hybridized carbons (Fsp3) is 0.545. The maximum Gasteiger partial charge on any atom is 0.239 e. The lowest BCUT2D eigenvalue weighted by molar-refractivity contribution is -0.152. The van der Waals surface area contributed by atoms with E-state index in [0.29, 0.717) is 12.2 Å². The maximum absolute atomic E-state index is 14.4. The highest BCUT2D eigenvalue weighted by Gasteiger charge is 2.34. The molecule has 0 spiro atoms. The first-order chi connectivity index (χ1) is 12.5. The molecule has 0 aliphatic heterocycles. The van der Waals surface area contributed by atoms with Crippen LogP contribution in [0, 0.1) is 5.82 Å². The van der Waals surface area contributed by atoms with Crippen molar-refractivity contribution in [2.75, 3.05) is 6.61 Å².